The van der Waals surface area contributed by atoms with Gasteiger partial charge in [-0.2, -0.15) is 0 Å². The molecule has 0 amide bonds. The fourth-order valence-electron chi connectivity index (χ4n) is 2.75. The number of rotatable bonds is 8. The van der Waals surface area contributed by atoms with Gasteiger partial charge in [-0.05, 0) is 63.3 Å². The topological polar surface area (TPSA) is 89.5 Å². The van der Waals surface area contributed by atoms with E-state index in [1.165, 1.54) is 12.1 Å². The van der Waals surface area contributed by atoms with Gasteiger partial charge in [0.15, 0.2) is 9.84 Å². The quantitative estimate of drug-likeness (QED) is 0.702. The SMILES string of the molecule is CC(C)Oc1ccc(S(=O)(=O)NCCCC2CCS(=O)(=O)C2)cc1. The molecule has 1 heterocycles. The summed E-state index contributed by atoms with van der Waals surface area (Å²) in [4.78, 5) is 0.196. The summed E-state index contributed by atoms with van der Waals surface area (Å²) in [5, 5.41) is 0. The highest BCUT2D eigenvalue weighted by Crippen LogP contribution is 2.22. The van der Waals surface area contributed by atoms with Crippen molar-refractivity contribution in [2.45, 2.75) is 44.1 Å². The molecule has 1 saturated heterocycles. The Kier molecular flexibility index (Phi) is 6.28. The molecule has 24 heavy (non-hydrogen) atoms. The summed E-state index contributed by atoms with van der Waals surface area (Å²) in [6.07, 6.45) is 2.08. The zero-order chi connectivity index (χ0) is 17.8. The summed E-state index contributed by atoms with van der Waals surface area (Å²) in [5.41, 5.74) is 0. The second-order valence-electron chi connectivity index (χ2n) is 6.45. The molecule has 0 spiro atoms. The molecule has 1 aromatic carbocycles. The van der Waals surface area contributed by atoms with E-state index in [1.807, 2.05) is 13.8 Å². The molecule has 136 valence electrons. The molecule has 2 rings (SSSR count). The van der Waals surface area contributed by atoms with Crippen molar-refractivity contribution in [2.75, 3.05) is 18.1 Å². The summed E-state index contributed by atoms with van der Waals surface area (Å²) < 4.78 is 55.3. The summed E-state index contributed by atoms with van der Waals surface area (Å²) in [5.74, 6) is 1.28. The molecule has 8 heteroatoms. The van der Waals surface area contributed by atoms with E-state index < -0.39 is 19.9 Å². The van der Waals surface area contributed by atoms with Crippen LogP contribution in [0.15, 0.2) is 29.2 Å². The predicted molar refractivity (Wildman–Crippen MR) is 93.4 cm³/mol. The number of hydrogen-bond donors (Lipinski definition) is 1. The van der Waals surface area contributed by atoms with Gasteiger partial charge in [-0.3, -0.25) is 0 Å². The van der Waals surface area contributed by atoms with Gasteiger partial charge in [-0.1, -0.05) is 0 Å². The maximum Gasteiger partial charge on any atom is 0.240 e. The van der Waals surface area contributed by atoms with Crippen LogP contribution in [0.5, 0.6) is 5.75 Å². The second kappa shape index (κ2) is 7.84. The zero-order valence-electron chi connectivity index (χ0n) is 14.1. The molecule has 1 aromatic rings. The third kappa shape index (κ3) is 5.75. The Hall–Kier alpha value is -1.12. The van der Waals surface area contributed by atoms with E-state index >= 15 is 0 Å². The lowest BCUT2D eigenvalue weighted by Crippen LogP contribution is -2.25. The molecule has 0 saturated carbocycles. The fourth-order valence-corrected chi connectivity index (χ4v) is 5.73. The van der Waals surface area contributed by atoms with Crippen molar-refractivity contribution in [1.29, 1.82) is 0 Å². The molecule has 1 unspecified atom stereocenters. The Morgan fingerprint density at radius 3 is 2.46 bits per heavy atom. The van der Waals surface area contributed by atoms with Gasteiger partial charge in [-0.25, -0.2) is 21.6 Å². The molecular formula is C16H25NO5S2. The Morgan fingerprint density at radius 2 is 1.92 bits per heavy atom. The largest absolute Gasteiger partial charge is 0.491 e. The Balaban J connectivity index is 1.81. The van der Waals surface area contributed by atoms with Crippen LogP contribution in [0.25, 0.3) is 0 Å². The summed E-state index contributed by atoms with van der Waals surface area (Å²) in [7, 11) is -6.42. The first-order valence-electron chi connectivity index (χ1n) is 8.15. The van der Waals surface area contributed by atoms with Gasteiger partial charge in [0.1, 0.15) is 5.75 Å². The number of nitrogens with one attached hydrogen (secondary N) is 1. The minimum absolute atomic E-state index is 0.0324. The summed E-state index contributed by atoms with van der Waals surface area (Å²) in [6.45, 7) is 4.12. The van der Waals surface area contributed by atoms with Crippen molar-refractivity contribution in [3.8, 4) is 5.75 Å². The van der Waals surface area contributed by atoms with Crippen molar-refractivity contribution >= 4 is 19.9 Å². The number of hydrogen-bond acceptors (Lipinski definition) is 5. The van der Waals surface area contributed by atoms with Gasteiger partial charge in [0.2, 0.25) is 10.0 Å². The first-order chi connectivity index (χ1) is 11.2. The lowest BCUT2D eigenvalue weighted by molar-refractivity contribution is 0.242. The van der Waals surface area contributed by atoms with Crippen LogP contribution in [0, 0.1) is 5.92 Å². The maximum absolute atomic E-state index is 12.2. The van der Waals surface area contributed by atoms with Crippen LogP contribution >= 0.6 is 0 Å². The van der Waals surface area contributed by atoms with Gasteiger partial charge in [-0.15, -0.1) is 0 Å². The standard InChI is InChI=1S/C16H25NO5S2/c1-13(2)22-15-5-7-16(8-6-15)24(20,21)17-10-3-4-14-9-11-23(18,19)12-14/h5-8,13-14,17H,3-4,9-12H2,1-2H3. The highest BCUT2D eigenvalue weighted by molar-refractivity contribution is 7.91. The van der Waals surface area contributed by atoms with Gasteiger partial charge in [0, 0.05) is 6.54 Å². The number of sulfonamides is 1. The minimum Gasteiger partial charge on any atom is -0.491 e. The minimum atomic E-state index is -3.55. The average molecular weight is 376 g/mol. The van der Waals surface area contributed by atoms with Crippen LogP contribution in [0.2, 0.25) is 0 Å². The highest BCUT2D eigenvalue weighted by atomic mass is 32.2. The van der Waals surface area contributed by atoms with E-state index in [4.69, 9.17) is 4.74 Å². The molecular weight excluding hydrogens is 350 g/mol. The van der Waals surface area contributed by atoms with E-state index in [-0.39, 0.29) is 28.4 Å². The van der Waals surface area contributed by atoms with E-state index in [1.54, 1.807) is 12.1 Å². The first-order valence-corrected chi connectivity index (χ1v) is 11.5. The van der Waals surface area contributed by atoms with E-state index in [2.05, 4.69) is 4.72 Å². The van der Waals surface area contributed by atoms with Crippen LogP contribution in [-0.2, 0) is 19.9 Å². The average Bonchev–Trinajstić information content (AvgIpc) is 2.83. The highest BCUT2D eigenvalue weighted by Gasteiger charge is 2.27. The Morgan fingerprint density at radius 1 is 1.25 bits per heavy atom. The van der Waals surface area contributed by atoms with Gasteiger partial charge >= 0.3 is 0 Å². The van der Waals surface area contributed by atoms with Gasteiger partial charge < -0.3 is 4.74 Å². The van der Waals surface area contributed by atoms with E-state index in [9.17, 15) is 16.8 Å². The zero-order valence-corrected chi connectivity index (χ0v) is 15.7. The molecule has 0 aromatic heterocycles. The van der Waals surface area contributed by atoms with E-state index in [0.29, 0.717) is 25.1 Å². The van der Waals surface area contributed by atoms with Crippen molar-refractivity contribution in [1.82, 2.24) is 4.72 Å². The molecule has 1 fully saturated rings. The lowest BCUT2D eigenvalue weighted by Gasteiger charge is -2.11. The molecule has 0 radical (unpaired) electrons. The van der Waals surface area contributed by atoms with Gasteiger partial charge in [0.25, 0.3) is 0 Å². The Labute approximate surface area is 144 Å². The van der Waals surface area contributed by atoms with Crippen LogP contribution in [0.1, 0.15) is 33.1 Å². The molecule has 1 aliphatic rings. The third-order valence-electron chi connectivity index (χ3n) is 3.91. The molecule has 0 bridgehead atoms. The first kappa shape index (κ1) is 19.2. The van der Waals surface area contributed by atoms with Crippen LogP contribution in [0.4, 0.5) is 0 Å². The Bertz CT molecular complexity index is 739. The summed E-state index contributed by atoms with van der Waals surface area (Å²) >= 11 is 0. The fraction of sp³-hybridized carbons (Fsp3) is 0.625. The lowest BCUT2D eigenvalue weighted by atomic mass is 10.0. The molecule has 1 aliphatic heterocycles. The number of benzene rings is 1. The monoisotopic (exact) mass is 375 g/mol. The number of sulfone groups is 1. The molecule has 0 aliphatic carbocycles. The van der Waals surface area contributed by atoms with Crippen molar-refractivity contribution in [3.05, 3.63) is 24.3 Å². The second-order valence-corrected chi connectivity index (χ2v) is 10.4. The van der Waals surface area contributed by atoms with Crippen LogP contribution in [-0.4, -0.2) is 41.0 Å². The normalized spacial score (nSPS) is 20.4. The molecule has 1 N–H and O–H groups in total. The van der Waals surface area contributed by atoms with Gasteiger partial charge in [0.05, 0.1) is 22.5 Å². The van der Waals surface area contributed by atoms with Crippen LogP contribution in [0.3, 0.4) is 0 Å². The maximum atomic E-state index is 12.2. The van der Waals surface area contributed by atoms with Crippen molar-refractivity contribution in [3.63, 3.8) is 0 Å². The van der Waals surface area contributed by atoms with E-state index in [0.717, 1.165) is 6.42 Å². The van der Waals surface area contributed by atoms with Crippen molar-refractivity contribution in [2.24, 2.45) is 5.92 Å². The predicted octanol–water partition coefficient (Wildman–Crippen LogP) is 1.97. The smallest absolute Gasteiger partial charge is 0.240 e. The molecule has 6 nitrogen and oxygen atoms in total. The van der Waals surface area contributed by atoms with Crippen LogP contribution < -0.4 is 9.46 Å². The van der Waals surface area contributed by atoms with Crippen molar-refractivity contribution < 1.29 is 21.6 Å². The summed E-state index contributed by atoms with van der Waals surface area (Å²) in [6, 6.07) is 6.31. The molecule has 1 atom stereocenters. The third-order valence-corrected chi connectivity index (χ3v) is 7.23. The number of ether oxygens (including phenoxy) is 1.